The Kier molecular flexibility index (Phi) is 5.70. The fourth-order valence-corrected chi connectivity index (χ4v) is 2.48. The van der Waals surface area contributed by atoms with Crippen molar-refractivity contribution in [3.63, 3.8) is 0 Å². The van der Waals surface area contributed by atoms with Gasteiger partial charge in [-0.05, 0) is 30.9 Å². The Labute approximate surface area is 132 Å². The summed E-state index contributed by atoms with van der Waals surface area (Å²) < 4.78 is 41.5. The van der Waals surface area contributed by atoms with Crippen molar-refractivity contribution in [3.8, 4) is 5.75 Å². The van der Waals surface area contributed by atoms with Crippen LogP contribution in [0.4, 0.5) is 23.7 Å². The highest BCUT2D eigenvalue weighted by atomic mass is 19.4. The Bertz CT molecular complexity index is 537. The number of alkyl halides is 3. The number of amides is 2. The van der Waals surface area contributed by atoms with Gasteiger partial charge in [0.1, 0.15) is 5.75 Å². The van der Waals surface area contributed by atoms with Gasteiger partial charge in [-0.15, -0.1) is 0 Å². The smallest absolute Gasteiger partial charge is 0.422 e. The van der Waals surface area contributed by atoms with Crippen LogP contribution >= 0.6 is 0 Å². The molecule has 2 amide bonds. The number of rotatable bonds is 5. The van der Waals surface area contributed by atoms with Crippen molar-refractivity contribution in [1.82, 2.24) is 4.90 Å². The van der Waals surface area contributed by atoms with Gasteiger partial charge in [-0.2, -0.15) is 13.2 Å². The number of carbonyl (C=O) groups is 1. The molecule has 23 heavy (non-hydrogen) atoms. The summed E-state index contributed by atoms with van der Waals surface area (Å²) in [7, 11) is 0. The van der Waals surface area contributed by atoms with Crippen LogP contribution in [-0.4, -0.2) is 48.5 Å². The molecule has 0 bridgehead atoms. The Morgan fingerprint density at radius 2 is 2.13 bits per heavy atom. The standard InChI is InChI=1S/C15H19F3N2O3/c16-15(17,18)10-23-13-4-2-1-3-12(13)19-14(22)20-7-5-11(9-20)6-8-21/h1-4,11,21H,5-10H2,(H,19,22)/t11-/m0/s1. The van der Waals surface area contributed by atoms with Gasteiger partial charge in [0.25, 0.3) is 0 Å². The van der Waals surface area contributed by atoms with Crippen molar-refractivity contribution in [2.75, 3.05) is 31.6 Å². The zero-order valence-electron chi connectivity index (χ0n) is 12.5. The largest absolute Gasteiger partial charge is 0.482 e. The fraction of sp³-hybridized carbons (Fsp3) is 0.533. The lowest BCUT2D eigenvalue weighted by Crippen LogP contribution is -2.33. The number of ether oxygens (including phenoxy) is 1. The summed E-state index contributed by atoms with van der Waals surface area (Å²) in [5.41, 5.74) is 0.201. The summed E-state index contributed by atoms with van der Waals surface area (Å²) in [5.74, 6) is 0.228. The lowest BCUT2D eigenvalue weighted by Gasteiger charge is -2.19. The van der Waals surface area contributed by atoms with Gasteiger partial charge in [0.15, 0.2) is 6.61 Å². The molecule has 0 spiro atoms. The first kappa shape index (κ1) is 17.4. The van der Waals surface area contributed by atoms with E-state index in [-0.39, 0.29) is 30.0 Å². The normalized spacial score (nSPS) is 18.1. The fourth-order valence-electron chi connectivity index (χ4n) is 2.48. The molecule has 2 rings (SSSR count). The molecule has 0 saturated carbocycles. The second-order valence-corrected chi connectivity index (χ2v) is 5.44. The van der Waals surface area contributed by atoms with Gasteiger partial charge in [0, 0.05) is 19.7 Å². The van der Waals surface area contributed by atoms with Gasteiger partial charge < -0.3 is 20.1 Å². The van der Waals surface area contributed by atoms with Crippen LogP contribution in [0.15, 0.2) is 24.3 Å². The third kappa shape index (κ3) is 5.31. The van der Waals surface area contributed by atoms with Gasteiger partial charge in [0.05, 0.1) is 5.69 Å². The molecule has 0 aliphatic carbocycles. The van der Waals surface area contributed by atoms with Crippen molar-refractivity contribution < 1.29 is 27.8 Å². The van der Waals surface area contributed by atoms with E-state index < -0.39 is 12.8 Å². The second kappa shape index (κ2) is 7.54. The molecular weight excluding hydrogens is 313 g/mol. The van der Waals surface area contributed by atoms with Gasteiger partial charge in [-0.3, -0.25) is 0 Å². The number of benzene rings is 1. The van der Waals surface area contributed by atoms with E-state index in [0.29, 0.717) is 19.5 Å². The number of aliphatic hydroxyl groups excluding tert-OH is 1. The minimum Gasteiger partial charge on any atom is -0.482 e. The van der Waals surface area contributed by atoms with Crippen molar-refractivity contribution >= 4 is 11.7 Å². The maximum atomic E-state index is 12.3. The van der Waals surface area contributed by atoms with Crippen LogP contribution in [0.3, 0.4) is 0 Å². The number of halogens is 3. The molecular formula is C15H19F3N2O3. The molecule has 1 aliphatic heterocycles. The molecule has 128 valence electrons. The Morgan fingerprint density at radius 3 is 2.83 bits per heavy atom. The first-order valence-electron chi connectivity index (χ1n) is 7.34. The highest BCUT2D eigenvalue weighted by Crippen LogP contribution is 2.27. The summed E-state index contributed by atoms with van der Waals surface area (Å²) in [4.78, 5) is 13.8. The predicted octanol–water partition coefficient (Wildman–Crippen LogP) is 2.86. The van der Waals surface area contributed by atoms with Crippen LogP contribution in [0.1, 0.15) is 12.8 Å². The number of nitrogens with one attached hydrogen (secondary N) is 1. The molecule has 1 saturated heterocycles. The SMILES string of the molecule is O=C(Nc1ccccc1OCC(F)(F)F)N1CC[C@@H](CCO)C1. The number of para-hydroxylation sites is 2. The Morgan fingerprint density at radius 1 is 1.39 bits per heavy atom. The van der Waals surface area contributed by atoms with E-state index in [2.05, 4.69) is 5.32 Å². The minimum atomic E-state index is -4.44. The van der Waals surface area contributed by atoms with Crippen LogP contribution in [0.25, 0.3) is 0 Å². The number of nitrogens with zero attached hydrogens (tertiary/aromatic N) is 1. The Hall–Kier alpha value is -1.96. The zero-order valence-corrected chi connectivity index (χ0v) is 12.5. The molecule has 1 aliphatic rings. The number of hydrogen-bond donors (Lipinski definition) is 2. The van der Waals surface area contributed by atoms with Crippen molar-refractivity contribution in [1.29, 1.82) is 0 Å². The van der Waals surface area contributed by atoms with Gasteiger partial charge in [-0.25, -0.2) is 4.79 Å². The maximum Gasteiger partial charge on any atom is 0.422 e. The molecule has 1 aromatic rings. The molecule has 2 N–H and O–H groups in total. The third-order valence-corrected chi connectivity index (χ3v) is 3.63. The van der Waals surface area contributed by atoms with Crippen LogP contribution < -0.4 is 10.1 Å². The predicted molar refractivity (Wildman–Crippen MR) is 78.4 cm³/mol. The molecule has 1 heterocycles. The van der Waals surface area contributed by atoms with E-state index in [1.165, 1.54) is 18.2 Å². The number of likely N-dealkylation sites (tertiary alicyclic amines) is 1. The molecule has 1 fully saturated rings. The summed E-state index contributed by atoms with van der Waals surface area (Å²) in [6.45, 7) is -0.254. The number of carbonyl (C=O) groups excluding carboxylic acids is 1. The lowest BCUT2D eigenvalue weighted by atomic mass is 10.1. The summed E-state index contributed by atoms with van der Waals surface area (Å²) in [6.07, 6.45) is -3.00. The molecule has 1 aromatic carbocycles. The number of aliphatic hydroxyl groups is 1. The zero-order chi connectivity index (χ0) is 16.9. The number of urea groups is 1. The van der Waals surface area contributed by atoms with E-state index in [1.807, 2.05) is 0 Å². The molecule has 0 aromatic heterocycles. The molecule has 0 radical (unpaired) electrons. The van der Waals surface area contributed by atoms with Crippen LogP contribution in [0.2, 0.25) is 0 Å². The average molecular weight is 332 g/mol. The topological polar surface area (TPSA) is 61.8 Å². The quantitative estimate of drug-likeness (QED) is 0.872. The van der Waals surface area contributed by atoms with E-state index >= 15 is 0 Å². The van der Waals surface area contributed by atoms with Gasteiger partial charge in [0.2, 0.25) is 0 Å². The van der Waals surface area contributed by atoms with Crippen molar-refractivity contribution in [3.05, 3.63) is 24.3 Å². The first-order valence-corrected chi connectivity index (χ1v) is 7.34. The summed E-state index contributed by atoms with van der Waals surface area (Å²) >= 11 is 0. The monoisotopic (exact) mass is 332 g/mol. The highest BCUT2D eigenvalue weighted by molar-refractivity contribution is 5.91. The number of anilines is 1. The number of hydrogen-bond acceptors (Lipinski definition) is 3. The Balaban J connectivity index is 1.96. The van der Waals surface area contributed by atoms with Crippen LogP contribution in [0, 0.1) is 5.92 Å². The van der Waals surface area contributed by atoms with Gasteiger partial charge in [-0.1, -0.05) is 12.1 Å². The summed E-state index contributed by atoms with van der Waals surface area (Å²) in [5, 5.41) is 11.5. The molecule has 1 atom stereocenters. The second-order valence-electron chi connectivity index (χ2n) is 5.44. The van der Waals surface area contributed by atoms with Gasteiger partial charge >= 0.3 is 12.2 Å². The van der Waals surface area contributed by atoms with Crippen molar-refractivity contribution in [2.24, 2.45) is 5.92 Å². The lowest BCUT2D eigenvalue weighted by molar-refractivity contribution is -0.153. The molecule has 5 nitrogen and oxygen atoms in total. The first-order chi connectivity index (χ1) is 10.9. The van der Waals surface area contributed by atoms with Crippen LogP contribution in [-0.2, 0) is 0 Å². The molecule has 0 unspecified atom stereocenters. The highest BCUT2D eigenvalue weighted by Gasteiger charge is 2.29. The minimum absolute atomic E-state index is 0.0238. The van der Waals surface area contributed by atoms with E-state index in [1.54, 1.807) is 11.0 Å². The third-order valence-electron chi connectivity index (χ3n) is 3.63. The average Bonchev–Trinajstić information content (AvgIpc) is 2.95. The van der Waals surface area contributed by atoms with E-state index in [9.17, 15) is 18.0 Å². The van der Waals surface area contributed by atoms with E-state index in [0.717, 1.165) is 6.42 Å². The maximum absolute atomic E-state index is 12.3. The van der Waals surface area contributed by atoms with E-state index in [4.69, 9.17) is 9.84 Å². The summed E-state index contributed by atoms with van der Waals surface area (Å²) in [6, 6.07) is 5.63. The van der Waals surface area contributed by atoms with Crippen LogP contribution in [0.5, 0.6) is 5.75 Å². The molecule has 8 heteroatoms. The van der Waals surface area contributed by atoms with Crippen molar-refractivity contribution in [2.45, 2.75) is 19.0 Å².